The fourth-order valence-corrected chi connectivity index (χ4v) is 3.09. The summed E-state index contributed by atoms with van der Waals surface area (Å²) in [6, 6.07) is 22.9. The molecule has 4 N–H and O–H groups in total. The highest BCUT2D eigenvalue weighted by molar-refractivity contribution is 5.96. The third kappa shape index (κ3) is 6.38. The Morgan fingerprint density at radius 1 is 0.969 bits per heavy atom. The molecule has 0 heterocycles. The summed E-state index contributed by atoms with van der Waals surface area (Å²) in [5.74, 6) is -0.620. The van der Waals surface area contributed by atoms with Gasteiger partial charge in [-0.25, -0.2) is 4.39 Å². The van der Waals surface area contributed by atoms with Crippen LogP contribution in [-0.4, -0.2) is 28.8 Å². The Bertz CT molecular complexity index is 1080. The molecular weight excluding hydrogens is 411 g/mol. The highest BCUT2D eigenvalue weighted by atomic mass is 19.1. The Labute approximate surface area is 185 Å². The van der Waals surface area contributed by atoms with Gasteiger partial charge in [0.15, 0.2) is 12.9 Å². The third-order valence-corrected chi connectivity index (χ3v) is 4.82. The summed E-state index contributed by atoms with van der Waals surface area (Å²) in [7, 11) is 0. The van der Waals surface area contributed by atoms with Crippen molar-refractivity contribution < 1.29 is 29.5 Å². The average Bonchev–Trinajstić information content (AvgIpc) is 2.81. The van der Waals surface area contributed by atoms with Gasteiger partial charge in [0.05, 0.1) is 12.0 Å². The number of nitrogens with two attached hydrogens (primary N) is 1. The Morgan fingerprint density at radius 2 is 1.66 bits per heavy atom. The lowest BCUT2D eigenvalue weighted by atomic mass is 9.96. The summed E-state index contributed by atoms with van der Waals surface area (Å²) in [5.41, 5.74) is 2.52. The number of aliphatic hydroxyl groups is 2. The number of aliphatic hydroxyl groups excluding tert-OH is 1. The van der Waals surface area contributed by atoms with Crippen LogP contribution in [0.1, 0.15) is 29.0 Å². The number of ether oxygens (including phenoxy) is 2. The zero-order valence-electron chi connectivity index (χ0n) is 17.3. The molecule has 0 saturated heterocycles. The molecule has 1 unspecified atom stereocenters. The molecule has 0 aromatic heterocycles. The number of benzene rings is 3. The summed E-state index contributed by atoms with van der Waals surface area (Å²) in [6.07, 6.45) is -1.95. The van der Waals surface area contributed by atoms with Crippen molar-refractivity contribution in [1.82, 2.24) is 0 Å². The normalized spacial score (nSPS) is 11.6. The number of halogens is 1. The van der Waals surface area contributed by atoms with Crippen LogP contribution in [0.4, 0.5) is 4.39 Å². The highest BCUT2D eigenvalue weighted by Crippen LogP contribution is 2.27. The summed E-state index contributed by atoms with van der Waals surface area (Å²) in [5, 5.41) is 33.3. The summed E-state index contributed by atoms with van der Waals surface area (Å²) in [6.45, 7) is 0.483. The molecule has 164 valence electrons. The second kappa shape index (κ2) is 11.0. The smallest absolute Gasteiger partial charge is 0.218 e. The Morgan fingerprint density at radius 3 is 2.28 bits per heavy atom. The minimum absolute atomic E-state index is 0.0982. The van der Waals surface area contributed by atoms with E-state index in [-0.39, 0.29) is 25.2 Å². The maximum Gasteiger partial charge on any atom is 0.218 e. The molecule has 3 aromatic rings. The topological polar surface area (TPSA) is 108 Å². The van der Waals surface area contributed by atoms with Crippen LogP contribution in [0, 0.1) is 17.1 Å². The molecule has 0 aliphatic rings. The molecule has 0 radical (unpaired) electrons. The highest BCUT2D eigenvalue weighted by Gasteiger charge is 2.19. The molecule has 0 fully saturated rings. The average molecular weight is 435 g/mol. The van der Waals surface area contributed by atoms with Gasteiger partial charge in [-0.2, -0.15) is 5.26 Å². The van der Waals surface area contributed by atoms with Crippen LogP contribution in [0.5, 0.6) is 11.5 Å². The number of nitriles is 1. The van der Waals surface area contributed by atoms with E-state index in [1.807, 2.05) is 48.5 Å². The molecule has 6 nitrogen and oxygen atoms in total. The van der Waals surface area contributed by atoms with Gasteiger partial charge >= 0.3 is 0 Å². The quantitative estimate of drug-likeness (QED) is 0.335. The van der Waals surface area contributed by atoms with Gasteiger partial charge in [-0.1, -0.05) is 36.4 Å². The lowest BCUT2D eigenvalue weighted by Gasteiger charge is -2.13. The lowest BCUT2D eigenvalue weighted by Crippen LogP contribution is -2.43. The summed E-state index contributed by atoms with van der Waals surface area (Å²) >= 11 is 0. The SMILES string of the molecule is N#CC(CC(O)O)c1ccc(OCc2ccc(OCC(=[NH2+])c3ccccc3)cc2)cc1F. The van der Waals surface area contributed by atoms with Gasteiger partial charge in [-0.15, -0.1) is 0 Å². The van der Waals surface area contributed by atoms with Crippen molar-refractivity contribution >= 4 is 5.71 Å². The van der Waals surface area contributed by atoms with Crippen molar-refractivity contribution in [3.8, 4) is 17.6 Å². The first-order valence-corrected chi connectivity index (χ1v) is 10.0. The van der Waals surface area contributed by atoms with Crippen molar-refractivity contribution in [1.29, 1.82) is 5.26 Å². The second-order valence-electron chi connectivity index (χ2n) is 7.19. The van der Waals surface area contributed by atoms with E-state index in [0.29, 0.717) is 17.2 Å². The van der Waals surface area contributed by atoms with Crippen LogP contribution in [0.15, 0.2) is 72.8 Å². The molecule has 7 heteroatoms. The Hall–Kier alpha value is -3.73. The predicted octanol–water partition coefficient (Wildman–Crippen LogP) is 2.34. The van der Waals surface area contributed by atoms with E-state index in [1.165, 1.54) is 12.1 Å². The van der Waals surface area contributed by atoms with Crippen molar-refractivity contribution in [2.45, 2.75) is 25.2 Å². The predicted molar refractivity (Wildman–Crippen MR) is 116 cm³/mol. The molecule has 32 heavy (non-hydrogen) atoms. The molecule has 0 saturated carbocycles. The standard InChI is InChI=1S/C25H23FN2O4/c26-23-13-21(10-11-22(23)19(14-27)12-25(29)30)31-15-17-6-8-20(9-7-17)32-16-24(28)18-4-2-1-3-5-18/h1-11,13,19,25,28-30H,12,15-16H2/p+1. The first-order valence-electron chi connectivity index (χ1n) is 10.0. The Balaban J connectivity index is 1.53. The maximum absolute atomic E-state index is 14.4. The number of rotatable bonds is 10. The third-order valence-electron chi connectivity index (χ3n) is 4.82. The van der Waals surface area contributed by atoms with Crippen molar-refractivity contribution in [3.63, 3.8) is 0 Å². The monoisotopic (exact) mass is 435 g/mol. The van der Waals surface area contributed by atoms with Crippen LogP contribution in [0.25, 0.3) is 0 Å². The van der Waals surface area contributed by atoms with Crippen LogP contribution < -0.4 is 14.9 Å². The zero-order chi connectivity index (χ0) is 22.9. The van der Waals surface area contributed by atoms with Gasteiger partial charge < -0.3 is 19.7 Å². The number of hydrogen-bond donors (Lipinski definition) is 3. The van der Waals surface area contributed by atoms with E-state index < -0.39 is 18.0 Å². The maximum atomic E-state index is 14.4. The largest absolute Gasteiger partial charge is 0.489 e. The fraction of sp³-hybridized carbons (Fsp3) is 0.200. The number of nitrogens with zero attached hydrogens (tertiary/aromatic N) is 1. The van der Waals surface area contributed by atoms with Gasteiger partial charge in [-0.05, 0) is 35.9 Å². The molecule has 3 aromatic carbocycles. The van der Waals surface area contributed by atoms with Gasteiger partial charge in [0.2, 0.25) is 5.71 Å². The van der Waals surface area contributed by atoms with Gasteiger partial charge in [0, 0.05) is 23.6 Å². The molecule has 0 aliphatic heterocycles. The fourth-order valence-electron chi connectivity index (χ4n) is 3.09. The molecule has 0 amide bonds. The second-order valence-corrected chi connectivity index (χ2v) is 7.19. The number of hydrogen-bond acceptors (Lipinski definition) is 5. The lowest BCUT2D eigenvalue weighted by molar-refractivity contribution is -0.117. The van der Waals surface area contributed by atoms with Crippen LogP contribution >= 0.6 is 0 Å². The first kappa shape index (κ1) is 22.9. The van der Waals surface area contributed by atoms with E-state index >= 15 is 0 Å². The van der Waals surface area contributed by atoms with E-state index in [1.54, 1.807) is 18.2 Å². The van der Waals surface area contributed by atoms with Gasteiger partial charge in [0.25, 0.3) is 0 Å². The van der Waals surface area contributed by atoms with E-state index in [4.69, 9.17) is 30.4 Å². The Kier molecular flexibility index (Phi) is 7.92. The summed E-state index contributed by atoms with van der Waals surface area (Å²) in [4.78, 5) is 0. The van der Waals surface area contributed by atoms with Crippen LogP contribution in [0.3, 0.4) is 0 Å². The zero-order valence-corrected chi connectivity index (χ0v) is 17.3. The summed E-state index contributed by atoms with van der Waals surface area (Å²) < 4.78 is 25.7. The molecular formula is C25H24FN2O4+. The van der Waals surface area contributed by atoms with Gasteiger partial charge in [0.1, 0.15) is 23.9 Å². The molecule has 3 rings (SSSR count). The first-order chi connectivity index (χ1) is 15.5. The molecule has 1 atom stereocenters. The van der Waals surface area contributed by atoms with Crippen molar-refractivity contribution in [2.75, 3.05) is 6.61 Å². The van der Waals surface area contributed by atoms with E-state index in [9.17, 15) is 4.39 Å². The minimum atomic E-state index is -1.69. The van der Waals surface area contributed by atoms with Crippen LogP contribution in [-0.2, 0) is 6.61 Å². The van der Waals surface area contributed by atoms with E-state index in [2.05, 4.69) is 0 Å². The molecule has 0 aliphatic carbocycles. The molecule has 0 spiro atoms. The van der Waals surface area contributed by atoms with E-state index in [0.717, 1.165) is 11.1 Å². The van der Waals surface area contributed by atoms with Crippen LogP contribution in [0.2, 0.25) is 0 Å². The van der Waals surface area contributed by atoms with Crippen molar-refractivity contribution in [2.24, 2.45) is 0 Å². The minimum Gasteiger partial charge on any atom is -0.489 e. The molecule has 0 bridgehead atoms. The van der Waals surface area contributed by atoms with Crippen molar-refractivity contribution in [3.05, 3.63) is 95.3 Å². The van der Waals surface area contributed by atoms with Gasteiger partial charge in [-0.3, -0.25) is 5.41 Å².